The molecule has 0 heterocycles. The predicted molar refractivity (Wildman–Crippen MR) is 80.4 cm³/mol. The van der Waals surface area contributed by atoms with Gasteiger partial charge in [-0.3, -0.25) is 0 Å². The first-order chi connectivity index (χ1) is 9.20. The number of aliphatic hydroxyl groups is 1. The molecule has 0 spiro atoms. The highest BCUT2D eigenvalue weighted by Gasteiger charge is 2.12. The van der Waals surface area contributed by atoms with Gasteiger partial charge in [-0.25, -0.2) is 0 Å². The van der Waals surface area contributed by atoms with Crippen molar-refractivity contribution < 1.29 is 5.11 Å². The van der Waals surface area contributed by atoms with Crippen LogP contribution in [0.2, 0.25) is 0 Å². The van der Waals surface area contributed by atoms with Crippen LogP contribution in [0.4, 0.5) is 0 Å². The minimum Gasteiger partial charge on any atom is -0.396 e. The van der Waals surface area contributed by atoms with Crippen LogP contribution in [0, 0.1) is 5.92 Å². The van der Waals surface area contributed by atoms with Gasteiger partial charge in [0.05, 0.1) is 0 Å². The van der Waals surface area contributed by atoms with Crippen molar-refractivity contribution in [3.8, 4) is 0 Å². The van der Waals surface area contributed by atoms with Crippen molar-refractivity contribution in [2.75, 3.05) is 13.2 Å². The Morgan fingerprint density at radius 1 is 1.16 bits per heavy atom. The molecular weight excluding hydrogens is 234 g/mol. The van der Waals surface area contributed by atoms with Crippen molar-refractivity contribution in [3.05, 3.63) is 34.9 Å². The lowest BCUT2D eigenvalue weighted by Crippen LogP contribution is -2.25. The molecule has 0 radical (unpaired) electrons. The molecule has 0 aliphatic heterocycles. The first kappa shape index (κ1) is 14.5. The maximum absolute atomic E-state index is 8.92. The first-order valence-electron chi connectivity index (χ1n) is 7.66. The zero-order valence-electron chi connectivity index (χ0n) is 12.3. The van der Waals surface area contributed by atoms with Gasteiger partial charge in [-0.1, -0.05) is 25.1 Å². The number of benzene rings is 1. The van der Waals surface area contributed by atoms with E-state index in [1.165, 1.54) is 31.2 Å². The van der Waals surface area contributed by atoms with Gasteiger partial charge in [0.15, 0.2) is 0 Å². The number of rotatable bonds is 6. The predicted octanol–water partition coefficient (Wildman–Crippen LogP) is 3.23. The van der Waals surface area contributed by atoms with Crippen molar-refractivity contribution in [1.82, 2.24) is 5.32 Å². The Kier molecular flexibility index (Phi) is 5.41. The molecule has 0 saturated heterocycles. The number of aliphatic hydroxyl groups excluding tert-OH is 1. The fraction of sp³-hybridized carbons (Fsp3) is 0.647. The van der Waals surface area contributed by atoms with Crippen LogP contribution in [0.25, 0.3) is 0 Å². The molecule has 2 heteroatoms. The lowest BCUT2D eigenvalue weighted by atomic mass is 9.89. The first-order valence-corrected chi connectivity index (χ1v) is 7.66. The van der Waals surface area contributed by atoms with Crippen LogP contribution in [0.15, 0.2) is 18.2 Å². The van der Waals surface area contributed by atoms with Crippen LogP contribution in [0.1, 0.15) is 55.8 Å². The lowest BCUT2D eigenvalue weighted by molar-refractivity contribution is 0.258. The molecule has 2 atom stereocenters. The summed E-state index contributed by atoms with van der Waals surface area (Å²) in [6, 6.07) is 7.38. The topological polar surface area (TPSA) is 32.3 Å². The molecule has 0 aromatic heterocycles. The molecule has 2 rings (SSSR count). The molecule has 106 valence electrons. The second-order valence-corrected chi connectivity index (χ2v) is 5.98. The fourth-order valence-electron chi connectivity index (χ4n) is 2.84. The van der Waals surface area contributed by atoms with Crippen molar-refractivity contribution in [1.29, 1.82) is 0 Å². The zero-order chi connectivity index (χ0) is 13.7. The Hall–Kier alpha value is -0.860. The lowest BCUT2D eigenvalue weighted by Gasteiger charge is -2.21. The number of fused-ring (bicyclic) bond motifs is 1. The van der Waals surface area contributed by atoms with Crippen LogP contribution >= 0.6 is 0 Å². The van der Waals surface area contributed by atoms with Crippen molar-refractivity contribution in [2.45, 2.75) is 52.0 Å². The van der Waals surface area contributed by atoms with Crippen molar-refractivity contribution in [3.63, 3.8) is 0 Å². The Labute approximate surface area is 117 Å². The van der Waals surface area contributed by atoms with E-state index in [2.05, 4.69) is 37.4 Å². The van der Waals surface area contributed by atoms with Crippen LogP contribution < -0.4 is 5.32 Å². The normalized spacial score (nSPS) is 17.8. The van der Waals surface area contributed by atoms with Gasteiger partial charge in [0.2, 0.25) is 0 Å². The molecule has 2 N–H and O–H groups in total. The van der Waals surface area contributed by atoms with E-state index in [1.54, 1.807) is 11.1 Å². The minimum absolute atomic E-state index is 0.288. The summed E-state index contributed by atoms with van der Waals surface area (Å²) < 4.78 is 0. The maximum atomic E-state index is 8.92. The van der Waals surface area contributed by atoms with Crippen molar-refractivity contribution in [2.24, 2.45) is 5.92 Å². The number of nitrogens with one attached hydrogen (secondary N) is 1. The van der Waals surface area contributed by atoms with Gasteiger partial charge in [-0.2, -0.15) is 0 Å². The molecule has 19 heavy (non-hydrogen) atoms. The van der Waals surface area contributed by atoms with E-state index in [0.717, 1.165) is 13.0 Å². The quantitative estimate of drug-likeness (QED) is 0.824. The average molecular weight is 261 g/mol. The maximum Gasteiger partial charge on any atom is 0.0434 e. The van der Waals surface area contributed by atoms with Gasteiger partial charge in [0, 0.05) is 12.6 Å². The average Bonchev–Trinajstić information content (AvgIpc) is 2.44. The van der Waals surface area contributed by atoms with Gasteiger partial charge < -0.3 is 10.4 Å². The SMILES string of the molecule is CC(CCO)CNC(C)c1ccc2c(c1)CCCC2. The summed E-state index contributed by atoms with van der Waals surface area (Å²) in [5.74, 6) is 0.532. The Balaban J connectivity index is 1.93. The monoisotopic (exact) mass is 261 g/mol. The van der Waals surface area contributed by atoms with Crippen LogP contribution in [-0.4, -0.2) is 18.3 Å². The molecule has 0 bridgehead atoms. The minimum atomic E-state index is 0.288. The number of hydrogen-bond donors (Lipinski definition) is 2. The summed E-state index contributed by atoms with van der Waals surface area (Å²) in [6.07, 6.45) is 6.07. The summed E-state index contributed by atoms with van der Waals surface area (Å²) in [4.78, 5) is 0. The van der Waals surface area contributed by atoms with E-state index in [9.17, 15) is 0 Å². The molecule has 1 aromatic carbocycles. The van der Waals surface area contributed by atoms with Gasteiger partial charge >= 0.3 is 0 Å². The molecule has 1 aromatic rings. The Bertz CT molecular complexity index is 402. The van der Waals surface area contributed by atoms with Gasteiger partial charge in [-0.15, -0.1) is 0 Å². The Morgan fingerprint density at radius 3 is 2.63 bits per heavy atom. The van der Waals surface area contributed by atoms with E-state index in [4.69, 9.17) is 5.11 Å². The number of hydrogen-bond acceptors (Lipinski definition) is 2. The molecule has 0 fully saturated rings. The third kappa shape index (κ3) is 4.05. The van der Waals surface area contributed by atoms with E-state index in [-0.39, 0.29) is 6.61 Å². The van der Waals surface area contributed by atoms with E-state index in [0.29, 0.717) is 12.0 Å². The Morgan fingerprint density at radius 2 is 1.89 bits per heavy atom. The zero-order valence-corrected chi connectivity index (χ0v) is 12.3. The summed E-state index contributed by atoms with van der Waals surface area (Å²) in [5.41, 5.74) is 4.51. The summed E-state index contributed by atoms with van der Waals surface area (Å²) in [6.45, 7) is 5.67. The highest BCUT2D eigenvalue weighted by Crippen LogP contribution is 2.24. The second kappa shape index (κ2) is 7.06. The van der Waals surface area contributed by atoms with Gasteiger partial charge in [-0.05, 0) is 68.2 Å². The highest BCUT2D eigenvalue weighted by molar-refractivity contribution is 5.35. The second-order valence-electron chi connectivity index (χ2n) is 5.98. The number of aryl methyl sites for hydroxylation is 2. The van der Waals surface area contributed by atoms with E-state index < -0.39 is 0 Å². The molecular formula is C17H27NO. The van der Waals surface area contributed by atoms with Crippen LogP contribution in [0.5, 0.6) is 0 Å². The largest absolute Gasteiger partial charge is 0.396 e. The van der Waals surface area contributed by atoms with Crippen molar-refractivity contribution >= 4 is 0 Å². The highest BCUT2D eigenvalue weighted by atomic mass is 16.3. The van der Waals surface area contributed by atoms with Crippen LogP contribution in [0.3, 0.4) is 0 Å². The van der Waals surface area contributed by atoms with Gasteiger partial charge in [0.1, 0.15) is 0 Å². The van der Waals surface area contributed by atoms with E-state index in [1.807, 2.05) is 0 Å². The summed E-state index contributed by atoms with van der Waals surface area (Å²) in [7, 11) is 0. The molecule has 2 nitrogen and oxygen atoms in total. The molecule has 1 aliphatic rings. The molecule has 2 unspecified atom stereocenters. The standard InChI is InChI=1S/C17H27NO/c1-13(9-10-19)12-18-14(2)16-8-7-15-5-3-4-6-17(15)11-16/h7-8,11,13-14,18-19H,3-6,9-10,12H2,1-2H3. The van der Waals surface area contributed by atoms with Gasteiger partial charge in [0.25, 0.3) is 0 Å². The third-order valence-electron chi connectivity index (χ3n) is 4.27. The molecule has 0 amide bonds. The molecule has 1 aliphatic carbocycles. The third-order valence-corrected chi connectivity index (χ3v) is 4.27. The smallest absolute Gasteiger partial charge is 0.0434 e. The van der Waals surface area contributed by atoms with Crippen LogP contribution in [-0.2, 0) is 12.8 Å². The van der Waals surface area contributed by atoms with E-state index >= 15 is 0 Å². The molecule has 0 saturated carbocycles. The summed E-state index contributed by atoms with van der Waals surface area (Å²) in [5, 5.41) is 12.5. The fourth-order valence-corrected chi connectivity index (χ4v) is 2.84. The summed E-state index contributed by atoms with van der Waals surface area (Å²) >= 11 is 0.